The van der Waals surface area contributed by atoms with Crippen LogP contribution in [-0.4, -0.2) is 40.1 Å². The smallest absolute Gasteiger partial charge is 0.0702 e. The van der Waals surface area contributed by atoms with Gasteiger partial charge in [-0.3, -0.25) is 0 Å². The molecule has 0 fully saturated rings. The molecule has 3 rings (SSSR count). The van der Waals surface area contributed by atoms with Gasteiger partial charge >= 0.3 is 0 Å². The van der Waals surface area contributed by atoms with Gasteiger partial charge in [0.25, 0.3) is 0 Å². The molecule has 3 nitrogen and oxygen atoms in total. The van der Waals surface area contributed by atoms with Crippen LogP contribution in [0.1, 0.15) is 23.5 Å². The Bertz CT molecular complexity index is 593. The Morgan fingerprint density at radius 2 is 1.43 bits per heavy atom. The minimum Gasteiger partial charge on any atom is -0.382 e. The van der Waals surface area contributed by atoms with E-state index in [-0.39, 0.29) is 12.0 Å². The van der Waals surface area contributed by atoms with Gasteiger partial charge in [0.2, 0.25) is 0 Å². The summed E-state index contributed by atoms with van der Waals surface area (Å²) in [7, 11) is 3.48. The molecule has 0 saturated heterocycles. The van der Waals surface area contributed by atoms with Gasteiger partial charge in [0.1, 0.15) is 0 Å². The largest absolute Gasteiger partial charge is 0.382 e. The first kappa shape index (κ1) is 16.2. The van der Waals surface area contributed by atoms with E-state index >= 15 is 0 Å². The summed E-state index contributed by atoms with van der Waals surface area (Å²) in [6.45, 7) is 1.94. The third-order valence-corrected chi connectivity index (χ3v) is 4.53. The number of hydrogen-bond donors (Lipinski definition) is 0. The van der Waals surface area contributed by atoms with Gasteiger partial charge in [0.15, 0.2) is 0 Å². The van der Waals surface area contributed by atoms with Crippen molar-refractivity contribution >= 4 is 0 Å². The van der Waals surface area contributed by atoms with E-state index in [1.165, 1.54) is 22.3 Å². The maximum atomic E-state index is 5.84. The van der Waals surface area contributed by atoms with Crippen LogP contribution in [0.3, 0.4) is 0 Å². The summed E-state index contributed by atoms with van der Waals surface area (Å²) in [5.41, 5.74) is 5.38. The zero-order chi connectivity index (χ0) is 16.1. The maximum absolute atomic E-state index is 5.84. The fraction of sp³-hybridized carbons (Fsp3) is 0.400. The van der Waals surface area contributed by atoms with Gasteiger partial charge in [-0.15, -0.1) is 0 Å². The lowest BCUT2D eigenvalue weighted by molar-refractivity contribution is 0.0271. The first-order valence-corrected chi connectivity index (χ1v) is 8.14. The SMILES string of the molecule is COCCOCCC(OC)C1c2ccccc2-c2ccccc21. The van der Waals surface area contributed by atoms with E-state index in [0.29, 0.717) is 19.8 Å². The molecule has 23 heavy (non-hydrogen) atoms. The molecule has 2 aromatic rings. The summed E-state index contributed by atoms with van der Waals surface area (Å²) in [6, 6.07) is 17.3. The van der Waals surface area contributed by atoms with E-state index in [2.05, 4.69) is 48.5 Å². The molecule has 0 aliphatic heterocycles. The number of fused-ring (bicyclic) bond motifs is 3. The van der Waals surface area contributed by atoms with Crippen LogP contribution in [0.5, 0.6) is 0 Å². The number of rotatable bonds is 8. The predicted molar refractivity (Wildman–Crippen MR) is 91.8 cm³/mol. The lowest BCUT2D eigenvalue weighted by Crippen LogP contribution is -2.23. The molecular weight excluding hydrogens is 288 g/mol. The zero-order valence-electron chi connectivity index (χ0n) is 13.8. The van der Waals surface area contributed by atoms with Crippen molar-refractivity contribution in [1.29, 1.82) is 0 Å². The fourth-order valence-corrected chi connectivity index (χ4v) is 3.46. The van der Waals surface area contributed by atoms with Crippen LogP contribution < -0.4 is 0 Å². The van der Waals surface area contributed by atoms with Crippen LogP contribution in [-0.2, 0) is 14.2 Å². The van der Waals surface area contributed by atoms with E-state index in [9.17, 15) is 0 Å². The fourth-order valence-electron chi connectivity index (χ4n) is 3.46. The highest BCUT2D eigenvalue weighted by Gasteiger charge is 2.33. The topological polar surface area (TPSA) is 27.7 Å². The normalized spacial score (nSPS) is 14.5. The second kappa shape index (κ2) is 7.73. The lowest BCUT2D eigenvalue weighted by Gasteiger charge is -2.24. The second-order valence-electron chi connectivity index (χ2n) is 5.82. The summed E-state index contributed by atoms with van der Waals surface area (Å²) in [5, 5.41) is 0. The molecule has 1 aliphatic carbocycles. The monoisotopic (exact) mass is 312 g/mol. The first-order chi connectivity index (χ1) is 11.4. The van der Waals surface area contributed by atoms with E-state index < -0.39 is 0 Å². The van der Waals surface area contributed by atoms with Crippen molar-refractivity contribution in [2.45, 2.75) is 18.4 Å². The van der Waals surface area contributed by atoms with Crippen LogP contribution in [0.25, 0.3) is 11.1 Å². The number of benzene rings is 2. The molecule has 0 aromatic heterocycles. The van der Waals surface area contributed by atoms with Crippen molar-refractivity contribution in [3.8, 4) is 11.1 Å². The summed E-state index contributed by atoms with van der Waals surface area (Å²) in [4.78, 5) is 0. The van der Waals surface area contributed by atoms with Crippen molar-refractivity contribution in [2.24, 2.45) is 0 Å². The van der Waals surface area contributed by atoms with Crippen molar-refractivity contribution in [1.82, 2.24) is 0 Å². The quantitative estimate of drug-likeness (QED) is 0.693. The summed E-state index contributed by atoms with van der Waals surface area (Å²) in [6.07, 6.45) is 0.982. The molecule has 0 N–H and O–H groups in total. The van der Waals surface area contributed by atoms with Crippen molar-refractivity contribution < 1.29 is 14.2 Å². The molecule has 0 spiro atoms. The molecule has 0 bridgehead atoms. The molecule has 1 atom stereocenters. The van der Waals surface area contributed by atoms with Gasteiger partial charge < -0.3 is 14.2 Å². The average Bonchev–Trinajstić information content (AvgIpc) is 2.93. The molecule has 0 heterocycles. The van der Waals surface area contributed by atoms with Gasteiger partial charge in [-0.1, -0.05) is 48.5 Å². The molecule has 1 aliphatic rings. The minimum atomic E-state index is 0.113. The van der Waals surface area contributed by atoms with Gasteiger partial charge in [0.05, 0.1) is 19.3 Å². The number of hydrogen-bond acceptors (Lipinski definition) is 3. The summed E-state index contributed by atoms with van der Waals surface area (Å²) in [5.74, 6) is 0.276. The third-order valence-electron chi connectivity index (χ3n) is 4.53. The first-order valence-electron chi connectivity index (χ1n) is 8.14. The van der Waals surface area contributed by atoms with Crippen LogP contribution in [0.15, 0.2) is 48.5 Å². The summed E-state index contributed by atoms with van der Waals surface area (Å²) >= 11 is 0. The summed E-state index contributed by atoms with van der Waals surface area (Å²) < 4.78 is 16.5. The van der Waals surface area contributed by atoms with Crippen molar-refractivity contribution in [3.63, 3.8) is 0 Å². The molecule has 2 aromatic carbocycles. The average molecular weight is 312 g/mol. The van der Waals surface area contributed by atoms with Crippen LogP contribution >= 0.6 is 0 Å². The highest BCUT2D eigenvalue weighted by atomic mass is 16.5. The molecule has 1 unspecified atom stereocenters. The molecule has 3 heteroatoms. The molecule has 0 radical (unpaired) electrons. The van der Waals surface area contributed by atoms with E-state index in [0.717, 1.165) is 6.42 Å². The Kier molecular flexibility index (Phi) is 5.44. The van der Waals surface area contributed by atoms with Crippen molar-refractivity contribution in [3.05, 3.63) is 59.7 Å². The van der Waals surface area contributed by atoms with E-state index in [1.807, 2.05) is 0 Å². The zero-order valence-corrected chi connectivity index (χ0v) is 13.8. The van der Waals surface area contributed by atoms with E-state index in [1.54, 1.807) is 14.2 Å². The van der Waals surface area contributed by atoms with Crippen molar-refractivity contribution in [2.75, 3.05) is 34.0 Å². The second-order valence-corrected chi connectivity index (χ2v) is 5.82. The molecular formula is C20H24O3. The van der Waals surface area contributed by atoms with Crippen LogP contribution in [0.4, 0.5) is 0 Å². The number of ether oxygens (including phenoxy) is 3. The Hall–Kier alpha value is -1.68. The molecule has 122 valence electrons. The predicted octanol–water partition coefficient (Wildman–Crippen LogP) is 3.87. The van der Waals surface area contributed by atoms with Gasteiger partial charge in [-0.2, -0.15) is 0 Å². The maximum Gasteiger partial charge on any atom is 0.0702 e. The Morgan fingerprint density at radius 3 is 2.00 bits per heavy atom. The Labute approximate surface area is 138 Å². The van der Waals surface area contributed by atoms with Gasteiger partial charge in [-0.25, -0.2) is 0 Å². The standard InChI is InChI=1S/C20H24O3/c1-21-13-14-23-12-11-19(22-2)20-17-9-5-3-7-15(17)16-8-4-6-10-18(16)20/h3-10,19-20H,11-14H2,1-2H3. The van der Waals surface area contributed by atoms with Gasteiger partial charge in [-0.05, 0) is 28.7 Å². The molecule has 0 amide bonds. The minimum absolute atomic E-state index is 0.113. The highest BCUT2D eigenvalue weighted by molar-refractivity contribution is 5.79. The molecule has 0 saturated carbocycles. The Morgan fingerprint density at radius 1 is 0.826 bits per heavy atom. The van der Waals surface area contributed by atoms with Gasteiger partial charge in [0, 0.05) is 26.7 Å². The Balaban J connectivity index is 1.80. The third kappa shape index (κ3) is 3.32. The lowest BCUT2D eigenvalue weighted by atomic mass is 9.89. The highest BCUT2D eigenvalue weighted by Crippen LogP contribution is 2.47. The van der Waals surface area contributed by atoms with Crippen LogP contribution in [0.2, 0.25) is 0 Å². The van der Waals surface area contributed by atoms with E-state index in [4.69, 9.17) is 14.2 Å². The number of methoxy groups -OCH3 is 2. The van der Waals surface area contributed by atoms with Crippen LogP contribution in [0, 0.1) is 0 Å².